The molecule has 0 aliphatic carbocycles. The van der Waals surface area contributed by atoms with E-state index in [1.54, 1.807) is 0 Å². The predicted octanol–water partition coefficient (Wildman–Crippen LogP) is 2.56. The number of carbonyl (C=O) groups is 1. The van der Waals surface area contributed by atoms with Gasteiger partial charge in [0, 0.05) is 25.6 Å². The normalized spacial score (nSPS) is 20.9. The van der Waals surface area contributed by atoms with Gasteiger partial charge in [0.2, 0.25) is 5.91 Å². The summed E-state index contributed by atoms with van der Waals surface area (Å²) in [5.41, 5.74) is 9.85. The third-order valence-corrected chi connectivity index (χ3v) is 3.96. The smallest absolute Gasteiger partial charge is 0.222 e. The fraction of sp³-hybridized carbons (Fsp3) is 0.562. The maximum absolute atomic E-state index is 11.9. The van der Waals surface area contributed by atoms with Crippen molar-refractivity contribution >= 4 is 5.91 Å². The van der Waals surface area contributed by atoms with Gasteiger partial charge in [-0.3, -0.25) is 4.79 Å². The lowest BCUT2D eigenvalue weighted by atomic mass is 10.0. The Labute approximate surface area is 115 Å². The van der Waals surface area contributed by atoms with E-state index in [0.717, 1.165) is 18.5 Å². The molecular weight excluding hydrogens is 236 g/mol. The number of benzene rings is 1. The number of hydrogen-bond acceptors (Lipinski definition) is 2. The average Bonchev–Trinajstić information content (AvgIpc) is 2.69. The number of hydrogen-bond donors (Lipinski definition) is 1. The molecule has 3 heteroatoms. The Morgan fingerprint density at radius 3 is 2.47 bits per heavy atom. The number of aryl methyl sites for hydroxylation is 2. The summed E-state index contributed by atoms with van der Waals surface area (Å²) in [6.07, 6.45) is 1.76. The quantitative estimate of drug-likeness (QED) is 0.904. The van der Waals surface area contributed by atoms with Crippen molar-refractivity contribution < 1.29 is 4.79 Å². The molecule has 2 rings (SSSR count). The Bertz CT molecular complexity index is 450. The van der Waals surface area contributed by atoms with Gasteiger partial charge >= 0.3 is 0 Å². The van der Waals surface area contributed by atoms with E-state index in [9.17, 15) is 4.79 Å². The molecule has 1 heterocycles. The van der Waals surface area contributed by atoms with E-state index < -0.39 is 0 Å². The minimum absolute atomic E-state index is 0.0850. The standard InChI is InChI=1S/C16H24N2O/c1-4-13-8-16(19)18(9-13)10-15(17)14-6-11(2)5-12(3)7-14/h5-7,13,15H,4,8-10,17H2,1-3H3. The highest BCUT2D eigenvalue weighted by molar-refractivity contribution is 5.78. The van der Waals surface area contributed by atoms with Gasteiger partial charge in [-0.2, -0.15) is 0 Å². The van der Waals surface area contributed by atoms with Gasteiger partial charge in [-0.15, -0.1) is 0 Å². The van der Waals surface area contributed by atoms with E-state index in [-0.39, 0.29) is 11.9 Å². The maximum atomic E-state index is 11.9. The van der Waals surface area contributed by atoms with Crippen LogP contribution in [0.1, 0.15) is 42.5 Å². The molecule has 0 spiro atoms. The summed E-state index contributed by atoms with van der Waals surface area (Å²) in [7, 11) is 0. The van der Waals surface area contributed by atoms with Gasteiger partial charge in [-0.1, -0.05) is 42.7 Å². The van der Waals surface area contributed by atoms with Crippen LogP contribution in [-0.4, -0.2) is 23.9 Å². The SMILES string of the molecule is CCC1CC(=O)N(CC(N)c2cc(C)cc(C)c2)C1. The molecule has 1 aromatic rings. The van der Waals surface area contributed by atoms with Crippen LogP contribution in [0.4, 0.5) is 0 Å². The van der Waals surface area contributed by atoms with Crippen molar-refractivity contribution in [2.75, 3.05) is 13.1 Å². The summed E-state index contributed by atoms with van der Waals surface area (Å²) in [6, 6.07) is 6.30. The van der Waals surface area contributed by atoms with Crippen LogP contribution in [0.5, 0.6) is 0 Å². The highest BCUT2D eigenvalue weighted by atomic mass is 16.2. The Hall–Kier alpha value is -1.35. The molecular formula is C16H24N2O. The minimum Gasteiger partial charge on any atom is -0.340 e. The van der Waals surface area contributed by atoms with E-state index in [1.165, 1.54) is 11.1 Å². The molecule has 1 fully saturated rings. The second-order valence-electron chi connectivity index (χ2n) is 5.80. The van der Waals surface area contributed by atoms with Crippen LogP contribution in [0.2, 0.25) is 0 Å². The van der Waals surface area contributed by atoms with Gasteiger partial charge < -0.3 is 10.6 Å². The van der Waals surface area contributed by atoms with Crippen molar-refractivity contribution in [3.63, 3.8) is 0 Å². The third kappa shape index (κ3) is 3.35. The van der Waals surface area contributed by atoms with Gasteiger partial charge in [0.25, 0.3) is 0 Å². The van der Waals surface area contributed by atoms with Crippen molar-refractivity contribution in [3.8, 4) is 0 Å². The molecule has 2 unspecified atom stereocenters. The fourth-order valence-electron chi connectivity index (χ4n) is 2.87. The van der Waals surface area contributed by atoms with E-state index in [2.05, 4.69) is 39.0 Å². The first-order chi connectivity index (χ1) is 8.99. The van der Waals surface area contributed by atoms with Gasteiger partial charge in [-0.05, 0) is 25.3 Å². The molecule has 104 valence electrons. The number of nitrogens with zero attached hydrogens (tertiary/aromatic N) is 1. The van der Waals surface area contributed by atoms with Crippen molar-refractivity contribution in [3.05, 3.63) is 34.9 Å². The van der Waals surface area contributed by atoms with Crippen LogP contribution in [0.25, 0.3) is 0 Å². The summed E-state index contributed by atoms with van der Waals surface area (Å²) in [5, 5.41) is 0. The van der Waals surface area contributed by atoms with Crippen LogP contribution in [-0.2, 0) is 4.79 Å². The zero-order valence-electron chi connectivity index (χ0n) is 12.1. The maximum Gasteiger partial charge on any atom is 0.222 e. The first kappa shape index (κ1) is 14.1. The molecule has 0 radical (unpaired) electrons. The average molecular weight is 260 g/mol. The first-order valence-corrected chi connectivity index (χ1v) is 7.11. The zero-order valence-corrected chi connectivity index (χ0v) is 12.1. The van der Waals surface area contributed by atoms with Gasteiger partial charge in [-0.25, -0.2) is 0 Å². The molecule has 0 bridgehead atoms. The Morgan fingerprint density at radius 1 is 1.32 bits per heavy atom. The summed E-state index contributed by atoms with van der Waals surface area (Å²) in [4.78, 5) is 13.8. The molecule has 2 atom stereocenters. The third-order valence-electron chi connectivity index (χ3n) is 3.96. The Kier molecular flexibility index (Phi) is 4.25. The highest BCUT2D eigenvalue weighted by Crippen LogP contribution is 2.23. The van der Waals surface area contributed by atoms with Crippen LogP contribution in [0, 0.1) is 19.8 Å². The van der Waals surface area contributed by atoms with Crippen molar-refractivity contribution in [1.82, 2.24) is 4.90 Å². The van der Waals surface area contributed by atoms with Crippen molar-refractivity contribution in [2.24, 2.45) is 11.7 Å². The molecule has 1 amide bonds. The number of rotatable bonds is 4. The lowest BCUT2D eigenvalue weighted by molar-refractivity contribution is -0.127. The predicted molar refractivity (Wildman–Crippen MR) is 77.8 cm³/mol. The molecule has 1 saturated heterocycles. The van der Waals surface area contributed by atoms with Crippen LogP contribution < -0.4 is 5.73 Å². The second-order valence-corrected chi connectivity index (χ2v) is 5.80. The van der Waals surface area contributed by atoms with Gasteiger partial charge in [0.1, 0.15) is 0 Å². The summed E-state index contributed by atoms with van der Waals surface area (Å²) < 4.78 is 0. The number of likely N-dealkylation sites (tertiary alicyclic amines) is 1. The topological polar surface area (TPSA) is 46.3 Å². The van der Waals surface area contributed by atoms with E-state index in [1.807, 2.05) is 4.90 Å². The molecule has 1 aliphatic heterocycles. The molecule has 1 aromatic carbocycles. The molecule has 1 aliphatic rings. The molecule has 19 heavy (non-hydrogen) atoms. The van der Waals surface area contributed by atoms with E-state index >= 15 is 0 Å². The number of nitrogens with two attached hydrogens (primary N) is 1. The van der Waals surface area contributed by atoms with Gasteiger partial charge in [0.05, 0.1) is 0 Å². The van der Waals surface area contributed by atoms with Crippen molar-refractivity contribution in [1.29, 1.82) is 0 Å². The zero-order chi connectivity index (χ0) is 14.0. The Morgan fingerprint density at radius 2 is 1.95 bits per heavy atom. The summed E-state index contributed by atoms with van der Waals surface area (Å²) in [5.74, 6) is 0.769. The van der Waals surface area contributed by atoms with Crippen LogP contribution >= 0.6 is 0 Å². The lowest BCUT2D eigenvalue weighted by Crippen LogP contribution is -2.33. The number of carbonyl (C=O) groups excluding carboxylic acids is 1. The largest absolute Gasteiger partial charge is 0.340 e. The first-order valence-electron chi connectivity index (χ1n) is 7.11. The molecule has 3 nitrogen and oxygen atoms in total. The monoisotopic (exact) mass is 260 g/mol. The highest BCUT2D eigenvalue weighted by Gasteiger charge is 2.29. The molecule has 0 saturated carbocycles. The summed E-state index contributed by atoms with van der Waals surface area (Å²) in [6.45, 7) is 7.81. The fourth-order valence-corrected chi connectivity index (χ4v) is 2.87. The molecule has 0 aromatic heterocycles. The summed E-state index contributed by atoms with van der Waals surface area (Å²) >= 11 is 0. The minimum atomic E-state index is -0.0850. The second kappa shape index (κ2) is 5.74. The van der Waals surface area contributed by atoms with E-state index in [0.29, 0.717) is 18.9 Å². The lowest BCUT2D eigenvalue weighted by Gasteiger charge is -2.22. The number of amides is 1. The van der Waals surface area contributed by atoms with Crippen LogP contribution in [0.3, 0.4) is 0 Å². The van der Waals surface area contributed by atoms with Crippen LogP contribution in [0.15, 0.2) is 18.2 Å². The molecule has 2 N–H and O–H groups in total. The van der Waals surface area contributed by atoms with Crippen molar-refractivity contribution in [2.45, 2.75) is 39.7 Å². The van der Waals surface area contributed by atoms with E-state index in [4.69, 9.17) is 5.73 Å². The van der Waals surface area contributed by atoms with Gasteiger partial charge in [0.15, 0.2) is 0 Å². The Balaban J connectivity index is 2.04.